The predicted molar refractivity (Wildman–Crippen MR) is 60.9 cm³/mol. The number of carboxylic acid groups (broad SMARTS) is 1. The second-order valence-corrected chi connectivity index (χ2v) is 3.73. The van der Waals surface area contributed by atoms with Crippen molar-refractivity contribution in [2.24, 2.45) is 0 Å². The number of rotatable bonds is 3. The molecule has 0 heterocycles. The quantitative estimate of drug-likeness (QED) is 0.622. The molecule has 2 rings (SSSR count). The fourth-order valence-corrected chi connectivity index (χ4v) is 1.76. The number of hydrogen-bond donors (Lipinski definition) is 1. The molecular weight excluding hydrogens is 239 g/mol. The van der Waals surface area contributed by atoms with Crippen molar-refractivity contribution >= 4 is 5.97 Å². The van der Waals surface area contributed by atoms with Crippen molar-refractivity contribution in [2.45, 2.75) is 5.60 Å². The van der Waals surface area contributed by atoms with Crippen LogP contribution in [-0.2, 0) is 10.4 Å². The van der Waals surface area contributed by atoms with Crippen LogP contribution in [0.4, 0.5) is 0 Å². The van der Waals surface area contributed by atoms with Gasteiger partial charge in [0.15, 0.2) is 5.60 Å². The van der Waals surface area contributed by atoms with Crippen LogP contribution in [0.3, 0.4) is 0 Å². The summed E-state index contributed by atoms with van der Waals surface area (Å²) in [5.41, 5.74) is -1.54. The van der Waals surface area contributed by atoms with Crippen LogP contribution in [0, 0.1) is 0 Å². The maximum absolute atomic E-state index is 11.3. The van der Waals surface area contributed by atoms with E-state index in [9.17, 15) is 15.0 Å². The van der Waals surface area contributed by atoms with Gasteiger partial charge < -0.3 is 15.0 Å². The number of carboxylic acids is 1. The van der Waals surface area contributed by atoms with E-state index in [1.807, 2.05) is 0 Å². The van der Waals surface area contributed by atoms with Gasteiger partial charge in [0, 0.05) is 0 Å². The van der Waals surface area contributed by atoms with Gasteiger partial charge in [0.1, 0.15) is 0 Å². The van der Waals surface area contributed by atoms with E-state index in [0.29, 0.717) is 0 Å². The minimum atomic E-state index is -2.11. The van der Waals surface area contributed by atoms with Crippen LogP contribution in [-0.4, -0.2) is 11.1 Å². The molecule has 18 heavy (non-hydrogen) atoms. The van der Waals surface area contributed by atoms with Gasteiger partial charge in [-0.1, -0.05) is 60.7 Å². The number of benzene rings is 2. The second-order valence-electron chi connectivity index (χ2n) is 3.73. The van der Waals surface area contributed by atoms with Gasteiger partial charge in [0.2, 0.25) is 0 Å². The van der Waals surface area contributed by atoms with E-state index in [2.05, 4.69) is 0 Å². The molecule has 0 aliphatic rings. The number of aliphatic hydroxyl groups is 1. The van der Waals surface area contributed by atoms with Crippen LogP contribution >= 0.6 is 0 Å². The standard InChI is InChI=1S/C14H12O3.Na/c15-13(16)14(17,11-7-3-1-4-8-11)12-9-5-2-6-10-12;/h1-10,17H,(H,15,16);/q;+1/p-1. The van der Waals surface area contributed by atoms with Crippen LogP contribution in [0.5, 0.6) is 0 Å². The fraction of sp³-hybridized carbons (Fsp3) is 0.0714. The SMILES string of the molecule is O=C([O-])C(O)(c1ccccc1)c1ccccc1.[Na+]. The number of aliphatic carboxylic acids is 1. The summed E-state index contributed by atoms with van der Waals surface area (Å²) in [7, 11) is 0. The zero-order chi connectivity index (χ0) is 12.3. The third-order valence-electron chi connectivity index (χ3n) is 2.68. The minimum absolute atomic E-state index is 0. The van der Waals surface area contributed by atoms with E-state index >= 15 is 0 Å². The number of carbonyl (C=O) groups is 1. The minimum Gasteiger partial charge on any atom is -0.546 e. The summed E-state index contributed by atoms with van der Waals surface area (Å²) in [4.78, 5) is 11.3. The van der Waals surface area contributed by atoms with E-state index in [1.165, 1.54) is 0 Å². The van der Waals surface area contributed by atoms with E-state index in [-0.39, 0.29) is 40.7 Å². The second kappa shape index (κ2) is 6.16. The van der Waals surface area contributed by atoms with Crippen LogP contribution in [0.25, 0.3) is 0 Å². The maximum atomic E-state index is 11.3. The van der Waals surface area contributed by atoms with Crippen molar-refractivity contribution in [1.29, 1.82) is 0 Å². The van der Waals surface area contributed by atoms with Gasteiger partial charge in [-0.25, -0.2) is 0 Å². The van der Waals surface area contributed by atoms with Crippen LogP contribution in [0.1, 0.15) is 11.1 Å². The maximum Gasteiger partial charge on any atom is 1.00 e. The smallest absolute Gasteiger partial charge is 0.546 e. The third kappa shape index (κ3) is 2.65. The first kappa shape index (κ1) is 14.9. The summed E-state index contributed by atoms with van der Waals surface area (Å²) in [5, 5.41) is 21.6. The van der Waals surface area contributed by atoms with E-state index < -0.39 is 11.6 Å². The largest absolute Gasteiger partial charge is 1.00 e. The van der Waals surface area contributed by atoms with Crippen LogP contribution in [0.15, 0.2) is 60.7 Å². The molecule has 0 bridgehead atoms. The average Bonchev–Trinajstić information content (AvgIpc) is 2.39. The van der Waals surface area contributed by atoms with Crippen molar-refractivity contribution in [3.63, 3.8) is 0 Å². The van der Waals surface area contributed by atoms with Gasteiger partial charge in [-0.15, -0.1) is 0 Å². The molecule has 0 saturated carbocycles. The molecule has 0 aliphatic heterocycles. The van der Waals surface area contributed by atoms with E-state index in [1.54, 1.807) is 60.7 Å². The van der Waals surface area contributed by atoms with Crippen molar-refractivity contribution < 1.29 is 44.6 Å². The van der Waals surface area contributed by atoms with Gasteiger partial charge in [0.05, 0.1) is 5.97 Å². The predicted octanol–water partition coefficient (Wildman–Crippen LogP) is -2.32. The molecule has 1 N–H and O–H groups in total. The Morgan fingerprint density at radius 1 is 0.889 bits per heavy atom. The molecule has 0 saturated heterocycles. The Labute approximate surface area is 127 Å². The summed E-state index contributed by atoms with van der Waals surface area (Å²) in [6.07, 6.45) is 0. The van der Waals surface area contributed by atoms with Crippen molar-refractivity contribution in [3.05, 3.63) is 71.8 Å². The molecule has 0 amide bonds. The summed E-state index contributed by atoms with van der Waals surface area (Å²) >= 11 is 0. The Bertz CT molecular complexity index is 472. The van der Waals surface area contributed by atoms with E-state index in [4.69, 9.17) is 0 Å². The topological polar surface area (TPSA) is 60.4 Å². The zero-order valence-corrected chi connectivity index (χ0v) is 12.0. The summed E-state index contributed by atoms with van der Waals surface area (Å²) < 4.78 is 0. The Hall–Kier alpha value is -1.13. The molecular formula is C14H11NaO3. The van der Waals surface area contributed by atoms with Gasteiger partial charge in [-0.05, 0) is 11.1 Å². The number of carbonyl (C=O) groups excluding carboxylic acids is 1. The Balaban J connectivity index is 0.00000162. The van der Waals surface area contributed by atoms with Crippen molar-refractivity contribution in [2.75, 3.05) is 0 Å². The van der Waals surface area contributed by atoms with Crippen LogP contribution < -0.4 is 34.7 Å². The third-order valence-corrected chi connectivity index (χ3v) is 2.68. The van der Waals surface area contributed by atoms with Gasteiger partial charge in [0.25, 0.3) is 0 Å². The number of hydrogen-bond acceptors (Lipinski definition) is 3. The Kier molecular flexibility index (Phi) is 5.11. The zero-order valence-electron chi connectivity index (χ0n) is 10.0. The van der Waals surface area contributed by atoms with E-state index in [0.717, 1.165) is 0 Å². The molecule has 0 atom stereocenters. The van der Waals surface area contributed by atoms with Gasteiger partial charge >= 0.3 is 29.6 Å². The van der Waals surface area contributed by atoms with Gasteiger partial charge in [-0.2, -0.15) is 0 Å². The first-order valence-electron chi connectivity index (χ1n) is 5.20. The molecule has 0 aliphatic carbocycles. The molecule has 0 fully saturated rings. The molecule has 3 nitrogen and oxygen atoms in total. The molecule has 0 spiro atoms. The summed E-state index contributed by atoms with van der Waals surface area (Å²) in [6.45, 7) is 0. The molecule has 0 radical (unpaired) electrons. The Morgan fingerprint density at radius 3 is 1.50 bits per heavy atom. The fourth-order valence-electron chi connectivity index (χ4n) is 1.76. The molecule has 2 aromatic carbocycles. The molecule has 0 aromatic heterocycles. The first-order chi connectivity index (χ1) is 8.15. The Morgan fingerprint density at radius 2 is 1.22 bits per heavy atom. The average molecular weight is 250 g/mol. The van der Waals surface area contributed by atoms with Gasteiger partial charge in [-0.3, -0.25) is 0 Å². The molecule has 4 heteroatoms. The normalized spacial score (nSPS) is 10.5. The van der Waals surface area contributed by atoms with Crippen molar-refractivity contribution in [3.8, 4) is 0 Å². The van der Waals surface area contributed by atoms with Crippen molar-refractivity contribution in [1.82, 2.24) is 0 Å². The molecule has 2 aromatic rings. The molecule has 0 unspecified atom stereocenters. The summed E-state index contributed by atoms with van der Waals surface area (Å²) in [6, 6.07) is 16.4. The first-order valence-corrected chi connectivity index (χ1v) is 5.20. The summed E-state index contributed by atoms with van der Waals surface area (Å²) in [5.74, 6) is -1.53. The molecule has 86 valence electrons. The monoisotopic (exact) mass is 250 g/mol. The van der Waals surface area contributed by atoms with Crippen LogP contribution in [0.2, 0.25) is 0 Å².